The summed E-state index contributed by atoms with van der Waals surface area (Å²) in [5.74, 6) is 1.16. The molecule has 0 aliphatic carbocycles. The number of imidazole rings is 1. The zero-order valence-electron chi connectivity index (χ0n) is 13.3. The number of rotatable bonds is 3. The highest BCUT2D eigenvalue weighted by atomic mass is 16.1. The van der Waals surface area contributed by atoms with E-state index in [1.54, 1.807) is 4.68 Å². The number of piperazine rings is 1. The Balaban J connectivity index is 1.68. The van der Waals surface area contributed by atoms with Gasteiger partial charge in [-0.2, -0.15) is 5.10 Å². The molecule has 5 N–H and O–H groups in total. The number of carbonyl (C=O) groups is 1. The van der Waals surface area contributed by atoms with Crippen LogP contribution in [0.2, 0.25) is 0 Å². The first-order chi connectivity index (χ1) is 11.6. The van der Waals surface area contributed by atoms with Crippen LogP contribution in [0.25, 0.3) is 16.7 Å². The van der Waals surface area contributed by atoms with Crippen LogP contribution < -0.4 is 16.4 Å². The third kappa shape index (κ3) is 2.45. The molecule has 1 aliphatic rings. The van der Waals surface area contributed by atoms with E-state index >= 15 is 0 Å². The molecule has 1 aromatic carbocycles. The molecule has 124 valence electrons. The van der Waals surface area contributed by atoms with Gasteiger partial charge in [-0.25, -0.2) is 9.67 Å². The molecule has 0 radical (unpaired) electrons. The van der Waals surface area contributed by atoms with Crippen LogP contribution in [-0.2, 0) is 0 Å². The summed E-state index contributed by atoms with van der Waals surface area (Å²) in [6.07, 6.45) is 1.54. The molecule has 8 nitrogen and oxygen atoms in total. The van der Waals surface area contributed by atoms with E-state index < -0.39 is 0 Å². The highest BCUT2D eigenvalue weighted by Crippen LogP contribution is 2.21. The van der Waals surface area contributed by atoms with Crippen LogP contribution in [0.1, 0.15) is 16.2 Å². The number of Topliss-reactive ketones (excluding diaryl/α,β-unsaturated/α-hetero) is 1. The number of aromatic nitrogens is 4. The molecule has 0 amide bonds. The SMILES string of the molecule is Cc1nc2ccc(-n3ncc(C(=O)C4CNCCN4)c3N)cc2[nH]1. The lowest BCUT2D eigenvalue weighted by atomic mass is 10.1. The largest absolute Gasteiger partial charge is 0.383 e. The average molecular weight is 325 g/mol. The number of aromatic amines is 1. The monoisotopic (exact) mass is 325 g/mol. The molecule has 1 saturated heterocycles. The van der Waals surface area contributed by atoms with E-state index in [0.29, 0.717) is 17.9 Å². The van der Waals surface area contributed by atoms with Crippen LogP contribution in [0.3, 0.4) is 0 Å². The summed E-state index contributed by atoms with van der Waals surface area (Å²) in [6.45, 7) is 4.13. The third-order valence-corrected chi connectivity index (χ3v) is 4.26. The lowest BCUT2D eigenvalue weighted by Crippen LogP contribution is -2.52. The maximum atomic E-state index is 12.6. The molecule has 1 aliphatic heterocycles. The van der Waals surface area contributed by atoms with Gasteiger partial charge in [-0.1, -0.05) is 0 Å². The number of nitrogen functional groups attached to an aromatic ring is 1. The fourth-order valence-corrected chi connectivity index (χ4v) is 3.04. The van der Waals surface area contributed by atoms with Gasteiger partial charge in [0.05, 0.1) is 34.5 Å². The standard InChI is InChI=1S/C16H19N7O/c1-9-21-12-3-2-10(6-13(12)22-9)23-16(17)11(7-20-23)15(24)14-8-18-4-5-19-14/h2-3,6-7,14,18-19H,4-5,8,17H2,1H3,(H,21,22). The Bertz CT molecular complexity index is 904. The predicted octanol–water partition coefficient (Wildman–Crippen LogP) is 0.383. The fraction of sp³-hybridized carbons (Fsp3) is 0.312. The van der Waals surface area contributed by atoms with Crippen molar-refractivity contribution in [2.24, 2.45) is 0 Å². The Kier molecular flexibility index (Phi) is 3.55. The summed E-state index contributed by atoms with van der Waals surface area (Å²) in [4.78, 5) is 20.2. The number of hydrogen-bond donors (Lipinski definition) is 4. The third-order valence-electron chi connectivity index (χ3n) is 4.26. The van der Waals surface area contributed by atoms with Crippen molar-refractivity contribution in [2.75, 3.05) is 25.4 Å². The second-order valence-corrected chi connectivity index (χ2v) is 5.95. The fourth-order valence-electron chi connectivity index (χ4n) is 3.04. The summed E-state index contributed by atoms with van der Waals surface area (Å²) in [5.41, 5.74) is 9.22. The van der Waals surface area contributed by atoms with Crippen molar-refractivity contribution in [3.8, 4) is 5.69 Å². The number of fused-ring (bicyclic) bond motifs is 1. The number of H-pyrrole nitrogens is 1. The summed E-state index contributed by atoms with van der Waals surface area (Å²) in [6, 6.07) is 5.45. The lowest BCUT2D eigenvalue weighted by molar-refractivity contribution is 0.0935. The van der Waals surface area contributed by atoms with Gasteiger partial charge in [0, 0.05) is 19.6 Å². The molecule has 3 heterocycles. The number of aryl methyl sites for hydroxylation is 1. The number of benzene rings is 1. The minimum Gasteiger partial charge on any atom is -0.383 e. The minimum atomic E-state index is -0.267. The number of anilines is 1. The summed E-state index contributed by atoms with van der Waals surface area (Å²) in [7, 11) is 0. The molecule has 0 spiro atoms. The highest BCUT2D eigenvalue weighted by molar-refractivity contribution is 6.04. The zero-order valence-corrected chi connectivity index (χ0v) is 13.3. The molecule has 0 saturated carbocycles. The molecule has 4 rings (SSSR count). The number of carbonyl (C=O) groups excluding carboxylic acids is 1. The van der Waals surface area contributed by atoms with E-state index in [0.717, 1.165) is 35.6 Å². The minimum absolute atomic E-state index is 0.0376. The van der Waals surface area contributed by atoms with E-state index in [1.165, 1.54) is 6.20 Å². The number of nitrogens with two attached hydrogens (primary N) is 1. The van der Waals surface area contributed by atoms with Crippen molar-refractivity contribution in [3.05, 3.63) is 35.8 Å². The first-order valence-electron chi connectivity index (χ1n) is 7.92. The van der Waals surface area contributed by atoms with Gasteiger partial charge < -0.3 is 21.4 Å². The number of ketones is 1. The van der Waals surface area contributed by atoms with Gasteiger partial charge in [0.1, 0.15) is 11.6 Å². The Morgan fingerprint density at radius 3 is 3.04 bits per heavy atom. The summed E-state index contributed by atoms with van der Waals surface area (Å²) < 4.78 is 1.58. The molecule has 24 heavy (non-hydrogen) atoms. The molecule has 2 aromatic heterocycles. The highest BCUT2D eigenvalue weighted by Gasteiger charge is 2.25. The van der Waals surface area contributed by atoms with Gasteiger partial charge in [-0.05, 0) is 25.1 Å². The topological polar surface area (TPSA) is 114 Å². The van der Waals surface area contributed by atoms with E-state index in [2.05, 4.69) is 25.7 Å². The van der Waals surface area contributed by atoms with Gasteiger partial charge in [0.2, 0.25) is 0 Å². The van der Waals surface area contributed by atoms with E-state index in [9.17, 15) is 4.79 Å². The first-order valence-corrected chi connectivity index (χ1v) is 7.92. The molecule has 8 heteroatoms. The molecule has 1 atom stereocenters. The smallest absolute Gasteiger partial charge is 0.186 e. The normalized spacial score (nSPS) is 18.1. The Labute approximate surface area is 138 Å². The Morgan fingerprint density at radius 1 is 1.38 bits per heavy atom. The summed E-state index contributed by atoms with van der Waals surface area (Å²) in [5, 5.41) is 10.7. The number of nitrogens with zero attached hydrogens (tertiary/aromatic N) is 3. The van der Waals surface area contributed by atoms with E-state index in [-0.39, 0.29) is 11.8 Å². The van der Waals surface area contributed by atoms with Crippen molar-refractivity contribution in [1.82, 2.24) is 30.4 Å². The van der Waals surface area contributed by atoms with E-state index in [1.807, 2.05) is 25.1 Å². The van der Waals surface area contributed by atoms with Gasteiger partial charge in [0.15, 0.2) is 5.78 Å². The van der Waals surface area contributed by atoms with Crippen molar-refractivity contribution < 1.29 is 4.79 Å². The van der Waals surface area contributed by atoms with E-state index in [4.69, 9.17) is 5.73 Å². The molecular weight excluding hydrogens is 306 g/mol. The van der Waals surface area contributed by atoms with Crippen LogP contribution in [-0.4, -0.2) is 51.2 Å². The zero-order chi connectivity index (χ0) is 16.7. The molecule has 1 unspecified atom stereocenters. The number of hydrogen-bond acceptors (Lipinski definition) is 6. The van der Waals surface area contributed by atoms with Gasteiger partial charge >= 0.3 is 0 Å². The van der Waals surface area contributed by atoms with Crippen molar-refractivity contribution in [3.63, 3.8) is 0 Å². The quantitative estimate of drug-likeness (QED) is 0.518. The average Bonchev–Trinajstić information content (AvgIpc) is 3.16. The van der Waals surface area contributed by atoms with Crippen molar-refractivity contribution in [2.45, 2.75) is 13.0 Å². The van der Waals surface area contributed by atoms with Gasteiger partial charge in [-0.15, -0.1) is 0 Å². The molecular formula is C16H19N7O. The Morgan fingerprint density at radius 2 is 2.25 bits per heavy atom. The molecule has 3 aromatic rings. The van der Waals surface area contributed by atoms with Crippen LogP contribution >= 0.6 is 0 Å². The van der Waals surface area contributed by atoms with Crippen molar-refractivity contribution in [1.29, 1.82) is 0 Å². The maximum absolute atomic E-state index is 12.6. The van der Waals surface area contributed by atoms with Crippen LogP contribution in [0, 0.1) is 6.92 Å². The van der Waals surface area contributed by atoms with Crippen molar-refractivity contribution >= 4 is 22.6 Å². The second kappa shape index (κ2) is 5.73. The molecule has 0 bridgehead atoms. The Hall–Kier alpha value is -2.71. The van der Waals surface area contributed by atoms with Gasteiger partial charge in [0.25, 0.3) is 0 Å². The first kappa shape index (κ1) is 14.9. The maximum Gasteiger partial charge on any atom is 0.186 e. The number of nitrogens with one attached hydrogen (secondary N) is 3. The van der Waals surface area contributed by atoms with Crippen LogP contribution in [0.4, 0.5) is 5.82 Å². The summed E-state index contributed by atoms with van der Waals surface area (Å²) >= 11 is 0. The molecule has 1 fully saturated rings. The van der Waals surface area contributed by atoms with Crippen LogP contribution in [0.5, 0.6) is 0 Å². The lowest BCUT2D eigenvalue weighted by Gasteiger charge is -2.22. The van der Waals surface area contributed by atoms with Gasteiger partial charge in [-0.3, -0.25) is 4.79 Å². The predicted molar refractivity (Wildman–Crippen MR) is 91.4 cm³/mol. The van der Waals surface area contributed by atoms with Crippen LogP contribution in [0.15, 0.2) is 24.4 Å². The second-order valence-electron chi connectivity index (χ2n) is 5.95.